The van der Waals surface area contributed by atoms with Gasteiger partial charge in [0.25, 0.3) is 11.1 Å². The molecule has 0 aliphatic carbocycles. The molecule has 0 atom stereocenters. The number of esters is 1. The lowest BCUT2D eigenvalue weighted by Crippen LogP contribution is -2.34. The third kappa shape index (κ3) is 4.77. The van der Waals surface area contributed by atoms with Crippen LogP contribution in [-0.2, 0) is 25.7 Å². The number of nitrogens with one attached hydrogen (secondary N) is 1. The molecule has 0 unspecified atom stereocenters. The summed E-state index contributed by atoms with van der Waals surface area (Å²) in [5.41, 5.74) is 2.85. The second-order valence-electron chi connectivity index (χ2n) is 8.29. The van der Waals surface area contributed by atoms with Crippen molar-refractivity contribution < 1.29 is 33.4 Å². The van der Waals surface area contributed by atoms with Gasteiger partial charge in [0.15, 0.2) is 11.5 Å². The number of imide groups is 1. The number of hydrogen-bond acceptors (Lipinski definition) is 8. The van der Waals surface area contributed by atoms with Crippen molar-refractivity contribution in [2.45, 2.75) is 20.4 Å². The van der Waals surface area contributed by atoms with Crippen LogP contribution >= 0.6 is 11.8 Å². The number of carbonyl (C=O) groups is 4. The highest BCUT2D eigenvalue weighted by atomic mass is 32.2. The Bertz CT molecular complexity index is 1480. The lowest BCUT2D eigenvalue weighted by atomic mass is 10.1. The van der Waals surface area contributed by atoms with E-state index in [0.717, 1.165) is 33.3 Å². The second kappa shape index (κ2) is 10.0. The maximum atomic E-state index is 13.0. The average molecular weight is 522 g/mol. The Morgan fingerprint density at radius 2 is 1.89 bits per heavy atom. The topological polar surface area (TPSA) is 116 Å². The Labute approximate surface area is 216 Å². The Morgan fingerprint density at radius 1 is 1.11 bits per heavy atom. The molecule has 37 heavy (non-hydrogen) atoms. The largest absolute Gasteiger partial charge is 0.465 e. The van der Waals surface area contributed by atoms with E-state index in [1.165, 1.54) is 0 Å². The van der Waals surface area contributed by atoms with Crippen molar-refractivity contribution in [1.29, 1.82) is 0 Å². The number of carbonyl (C=O) groups excluding carboxylic acids is 4. The first-order valence-electron chi connectivity index (χ1n) is 11.5. The summed E-state index contributed by atoms with van der Waals surface area (Å²) < 4.78 is 17.4. The van der Waals surface area contributed by atoms with Gasteiger partial charge in [0.2, 0.25) is 12.7 Å². The van der Waals surface area contributed by atoms with Gasteiger partial charge in [-0.25, -0.2) is 0 Å². The van der Waals surface area contributed by atoms with Crippen LogP contribution in [0.1, 0.15) is 18.2 Å². The van der Waals surface area contributed by atoms with Crippen LogP contribution in [0.3, 0.4) is 0 Å². The quantitative estimate of drug-likeness (QED) is 0.367. The Kier molecular flexibility index (Phi) is 6.62. The molecule has 10 nitrogen and oxygen atoms in total. The molecular formula is C26H23N3O7S. The zero-order valence-electron chi connectivity index (χ0n) is 20.1. The van der Waals surface area contributed by atoms with Gasteiger partial charge in [-0.1, -0.05) is 18.2 Å². The number of anilines is 1. The molecule has 1 fully saturated rings. The molecule has 5 rings (SSSR count). The lowest BCUT2D eigenvalue weighted by Gasteiger charge is -2.11. The molecule has 2 aromatic carbocycles. The van der Waals surface area contributed by atoms with Crippen LogP contribution in [0, 0.1) is 6.92 Å². The van der Waals surface area contributed by atoms with Gasteiger partial charge in [-0.3, -0.25) is 24.1 Å². The number of benzene rings is 2. The van der Waals surface area contributed by atoms with E-state index in [0.29, 0.717) is 22.7 Å². The van der Waals surface area contributed by atoms with Crippen LogP contribution in [-0.4, -0.2) is 52.4 Å². The SMILES string of the molecule is CCOC(=O)CN1C(=O)S/C(=C\c2c(C)n(CC(=O)Nc3ccc4c(c3)OCO4)c3ccccc23)C1=O. The Balaban J connectivity index is 1.41. The first-order valence-corrected chi connectivity index (χ1v) is 12.4. The lowest BCUT2D eigenvalue weighted by molar-refractivity contribution is -0.146. The summed E-state index contributed by atoms with van der Waals surface area (Å²) in [6.45, 7) is 3.40. The van der Waals surface area contributed by atoms with Crippen LogP contribution in [0.15, 0.2) is 47.4 Å². The summed E-state index contributed by atoms with van der Waals surface area (Å²) in [6.07, 6.45) is 1.64. The highest BCUT2D eigenvalue weighted by molar-refractivity contribution is 8.18. The summed E-state index contributed by atoms with van der Waals surface area (Å²) in [6, 6.07) is 12.7. The van der Waals surface area contributed by atoms with Crippen LogP contribution in [0.5, 0.6) is 11.5 Å². The zero-order chi connectivity index (χ0) is 26.1. The van der Waals surface area contributed by atoms with Gasteiger partial charge in [-0.2, -0.15) is 0 Å². The summed E-state index contributed by atoms with van der Waals surface area (Å²) in [7, 11) is 0. The van der Waals surface area contributed by atoms with E-state index in [9.17, 15) is 19.2 Å². The number of para-hydroxylation sites is 1. The first kappa shape index (κ1) is 24.4. The third-order valence-electron chi connectivity index (χ3n) is 5.98. The minimum Gasteiger partial charge on any atom is -0.465 e. The van der Waals surface area contributed by atoms with Gasteiger partial charge in [0.05, 0.1) is 11.5 Å². The van der Waals surface area contributed by atoms with E-state index < -0.39 is 23.7 Å². The normalized spacial score (nSPS) is 15.6. The number of thioether (sulfide) groups is 1. The highest BCUT2D eigenvalue weighted by Crippen LogP contribution is 2.36. The molecule has 0 bridgehead atoms. The van der Waals surface area contributed by atoms with Crippen LogP contribution < -0.4 is 14.8 Å². The third-order valence-corrected chi connectivity index (χ3v) is 6.89. The fourth-order valence-corrected chi connectivity index (χ4v) is 5.09. The average Bonchev–Trinajstić information content (AvgIpc) is 3.52. The van der Waals surface area contributed by atoms with E-state index in [1.807, 2.05) is 35.8 Å². The van der Waals surface area contributed by atoms with Gasteiger partial charge in [0.1, 0.15) is 13.1 Å². The molecule has 0 radical (unpaired) electrons. The molecule has 11 heteroatoms. The number of ether oxygens (including phenoxy) is 3. The maximum Gasteiger partial charge on any atom is 0.326 e. The minimum absolute atomic E-state index is 0.0268. The van der Waals surface area contributed by atoms with E-state index in [2.05, 4.69) is 5.32 Å². The standard InChI is InChI=1S/C26H23N3O7S/c1-3-34-24(31)13-29-25(32)22(37-26(29)33)11-18-15(2)28(19-7-5-4-6-17(18)19)12-23(30)27-16-8-9-20-21(10-16)36-14-35-20/h4-11H,3,12-14H2,1-2H3,(H,27,30)/b22-11-. The van der Waals surface area contributed by atoms with Crippen molar-refractivity contribution in [1.82, 2.24) is 9.47 Å². The predicted octanol–water partition coefficient (Wildman–Crippen LogP) is 3.92. The van der Waals surface area contributed by atoms with Crippen molar-refractivity contribution >= 4 is 57.5 Å². The van der Waals surface area contributed by atoms with E-state index in [-0.39, 0.29) is 30.8 Å². The summed E-state index contributed by atoms with van der Waals surface area (Å²) in [5.74, 6) is -0.252. The fraction of sp³-hybridized carbons (Fsp3) is 0.231. The molecule has 2 aliphatic rings. The van der Waals surface area contributed by atoms with E-state index in [4.69, 9.17) is 14.2 Å². The number of rotatable bonds is 7. The van der Waals surface area contributed by atoms with E-state index in [1.54, 1.807) is 31.2 Å². The number of fused-ring (bicyclic) bond motifs is 2. The molecule has 0 saturated carbocycles. The van der Waals surface area contributed by atoms with Crippen molar-refractivity contribution in [3.63, 3.8) is 0 Å². The number of hydrogen-bond donors (Lipinski definition) is 1. The zero-order valence-corrected chi connectivity index (χ0v) is 20.9. The van der Waals surface area contributed by atoms with Gasteiger partial charge in [0, 0.05) is 33.9 Å². The van der Waals surface area contributed by atoms with Crippen molar-refractivity contribution in [3.05, 3.63) is 58.6 Å². The summed E-state index contributed by atoms with van der Waals surface area (Å²) in [5, 5.41) is 3.17. The smallest absolute Gasteiger partial charge is 0.326 e. The summed E-state index contributed by atoms with van der Waals surface area (Å²) in [4.78, 5) is 51.2. The Morgan fingerprint density at radius 3 is 2.70 bits per heavy atom. The van der Waals surface area contributed by atoms with Gasteiger partial charge >= 0.3 is 5.97 Å². The number of amides is 3. The predicted molar refractivity (Wildman–Crippen MR) is 137 cm³/mol. The molecule has 0 spiro atoms. The molecule has 1 saturated heterocycles. The first-order chi connectivity index (χ1) is 17.9. The molecule has 1 aromatic heterocycles. The molecule has 1 N–H and O–H groups in total. The monoisotopic (exact) mass is 521 g/mol. The molecular weight excluding hydrogens is 498 g/mol. The van der Waals surface area contributed by atoms with Gasteiger partial charge in [-0.05, 0) is 49.9 Å². The van der Waals surface area contributed by atoms with Crippen LogP contribution in [0.2, 0.25) is 0 Å². The van der Waals surface area contributed by atoms with Gasteiger partial charge < -0.3 is 24.1 Å². The second-order valence-corrected chi connectivity index (χ2v) is 9.28. The molecule has 3 heterocycles. The van der Waals surface area contributed by atoms with Crippen LogP contribution in [0.4, 0.5) is 10.5 Å². The molecule has 3 amide bonds. The summed E-state index contributed by atoms with van der Waals surface area (Å²) >= 11 is 0.769. The van der Waals surface area contributed by atoms with Crippen molar-refractivity contribution in [2.75, 3.05) is 25.3 Å². The fourth-order valence-electron chi connectivity index (χ4n) is 4.27. The van der Waals surface area contributed by atoms with Gasteiger partial charge in [-0.15, -0.1) is 0 Å². The number of aromatic nitrogens is 1. The number of nitrogens with zero attached hydrogens (tertiary/aromatic N) is 2. The highest BCUT2D eigenvalue weighted by Gasteiger charge is 2.37. The molecule has 3 aromatic rings. The maximum absolute atomic E-state index is 13.0. The molecule has 190 valence electrons. The van der Waals surface area contributed by atoms with Crippen LogP contribution in [0.25, 0.3) is 17.0 Å². The molecule has 2 aliphatic heterocycles. The van der Waals surface area contributed by atoms with Crippen molar-refractivity contribution in [3.8, 4) is 11.5 Å². The Hall–Kier alpha value is -4.25. The van der Waals surface area contributed by atoms with Crippen molar-refractivity contribution in [2.24, 2.45) is 0 Å². The minimum atomic E-state index is -0.646. The van der Waals surface area contributed by atoms with E-state index >= 15 is 0 Å².